The number of hydrogen-bond donors (Lipinski definition) is 0. The van der Waals surface area contributed by atoms with Crippen molar-refractivity contribution in [3.63, 3.8) is 0 Å². The van der Waals surface area contributed by atoms with Gasteiger partial charge >= 0.3 is 0 Å². The van der Waals surface area contributed by atoms with Crippen molar-refractivity contribution in [1.82, 2.24) is 15.0 Å². The summed E-state index contributed by atoms with van der Waals surface area (Å²) >= 11 is 0. The van der Waals surface area contributed by atoms with Crippen molar-refractivity contribution < 1.29 is 20.6 Å². The molecule has 0 aliphatic heterocycles. The Kier molecular flexibility index (Phi) is 5.24. The Bertz CT molecular complexity index is 3730. The largest absolute Gasteiger partial charge is 0.208 e. The van der Waals surface area contributed by atoms with Gasteiger partial charge in [0.25, 0.3) is 0 Å². The monoisotopic (exact) mass is 704 g/mol. The van der Waals surface area contributed by atoms with Crippen LogP contribution in [0.15, 0.2) is 201 Å². The highest BCUT2D eigenvalue weighted by molar-refractivity contribution is 6.25. The number of rotatable bonds is 8. The van der Waals surface area contributed by atoms with Gasteiger partial charge in [0.15, 0.2) is 17.5 Å². The minimum Gasteiger partial charge on any atom is -0.208 e. The highest BCUT2D eigenvalue weighted by atomic mass is 15.0. The van der Waals surface area contributed by atoms with Crippen LogP contribution in [-0.4, -0.2) is 15.0 Å². The lowest BCUT2D eigenvalue weighted by atomic mass is 9.92. The zero-order chi connectivity index (χ0) is 49.5. The summed E-state index contributed by atoms with van der Waals surface area (Å²) in [4.78, 5) is 14.3. The van der Waals surface area contributed by atoms with Crippen molar-refractivity contribution in [2.45, 2.75) is 0 Å². The van der Waals surface area contributed by atoms with Gasteiger partial charge in [-0.15, -0.1) is 0 Å². The molecule has 0 radical (unpaired) electrons. The Morgan fingerprint density at radius 2 is 1.06 bits per heavy atom. The van der Waals surface area contributed by atoms with E-state index in [0.717, 1.165) is 16.7 Å². The standard InChI is InChI=1S/C51H35N3/c1-3-16-34(4-2)49-52-50(54-51(53-49)47-28-13-8-23-41(47)39-21-14-19-36(31-39)35-17-6-5-7-18-35)40-22-15-20-37(32-40)38-29-30-46-44-26-10-9-24-42(44)43-25-11-12-27-45(43)48(46)33-38/h3-33H,1-2H2/b34-16+/i9D,10D,11D,12D,15D,20D,22D,24D,25D,26D,27D,29D,30D,32D,33D. The van der Waals surface area contributed by atoms with Crippen LogP contribution in [0.1, 0.15) is 26.4 Å². The molecule has 3 nitrogen and oxygen atoms in total. The maximum atomic E-state index is 9.77. The normalized spacial score (nSPS) is 15.5. The van der Waals surface area contributed by atoms with Gasteiger partial charge in [-0.1, -0.05) is 183 Å². The molecule has 0 aliphatic carbocycles. The average molecular weight is 705 g/mol. The molecule has 8 aromatic carbocycles. The van der Waals surface area contributed by atoms with Crippen molar-refractivity contribution in [3.8, 4) is 56.2 Å². The maximum Gasteiger partial charge on any atom is 0.164 e. The van der Waals surface area contributed by atoms with Crippen LogP contribution < -0.4 is 0 Å². The first kappa shape index (κ1) is 20.1. The van der Waals surface area contributed by atoms with Crippen molar-refractivity contribution >= 4 is 37.9 Å². The summed E-state index contributed by atoms with van der Waals surface area (Å²) in [5, 5.41) is -2.26. The summed E-state index contributed by atoms with van der Waals surface area (Å²) in [6, 6.07) is 14.2. The second-order valence-corrected chi connectivity index (χ2v) is 12.1. The van der Waals surface area contributed by atoms with Gasteiger partial charge in [-0.3, -0.25) is 0 Å². The highest BCUT2D eigenvalue weighted by Crippen LogP contribution is 2.38. The molecule has 0 atom stereocenters. The Labute approximate surface area is 336 Å². The van der Waals surface area contributed by atoms with Crippen molar-refractivity contribution in [3.05, 3.63) is 207 Å². The van der Waals surface area contributed by atoms with Gasteiger partial charge < -0.3 is 0 Å². The third kappa shape index (κ3) is 5.98. The van der Waals surface area contributed by atoms with Crippen LogP contribution >= 0.6 is 0 Å². The molecule has 0 unspecified atom stereocenters. The molecule has 9 aromatic rings. The molecule has 0 amide bonds. The van der Waals surface area contributed by atoms with Crippen molar-refractivity contribution in [1.29, 1.82) is 0 Å². The second-order valence-electron chi connectivity index (χ2n) is 12.1. The number of benzene rings is 8. The zero-order valence-electron chi connectivity index (χ0n) is 43.5. The molecule has 54 heavy (non-hydrogen) atoms. The molecule has 0 saturated heterocycles. The Hall–Kier alpha value is -7.23. The number of nitrogens with zero attached hydrogens (tertiary/aromatic N) is 3. The van der Waals surface area contributed by atoms with E-state index in [4.69, 9.17) is 22.3 Å². The summed E-state index contributed by atoms with van der Waals surface area (Å²) in [6.07, 6.45) is 4.56. The fraction of sp³-hybridized carbons (Fsp3) is 0. The van der Waals surface area contributed by atoms with Crippen LogP contribution in [0, 0.1) is 0 Å². The molecule has 0 N–H and O–H groups in total. The SMILES string of the molecule is [2H]c1c([2H])c(-c2nc(/C(C=C)=C/C=C)nc(-c3ccccc3-c3cccc(-c4ccccc4)c3)n2)c([2H])c(-c2c([2H])c([2H])c3c4c([2H])c([2H])c([2H])c([2H])c4c4c([2H])c([2H])c([2H])c([2H])c4c3c2[2H])c1[2H]. The first-order chi connectivity index (χ1) is 32.9. The van der Waals surface area contributed by atoms with E-state index < -0.39 is 113 Å². The number of hydrogen-bond acceptors (Lipinski definition) is 3. The summed E-state index contributed by atoms with van der Waals surface area (Å²) in [5.74, 6) is -0.165. The lowest BCUT2D eigenvalue weighted by Crippen LogP contribution is -2.03. The molecule has 0 bridgehead atoms. The quantitative estimate of drug-likeness (QED) is 0.117. The van der Waals surface area contributed by atoms with E-state index in [1.807, 2.05) is 66.7 Å². The Morgan fingerprint density at radius 3 is 1.78 bits per heavy atom. The molecule has 0 saturated carbocycles. The first-order valence-corrected chi connectivity index (χ1v) is 16.9. The Balaban J connectivity index is 1.38. The van der Waals surface area contributed by atoms with Crippen LogP contribution in [0.4, 0.5) is 0 Å². The average Bonchev–Trinajstić information content (AvgIpc) is 3.36. The maximum absolute atomic E-state index is 9.77. The predicted molar refractivity (Wildman–Crippen MR) is 228 cm³/mol. The molecule has 1 aromatic heterocycles. The van der Waals surface area contributed by atoms with E-state index in [1.165, 1.54) is 12.2 Å². The first-order valence-electron chi connectivity index (χ1n) is 24.4. The fourth-order valence-electron chi connectivity index (χ4n) is 6.39. The number of fused-ring (bicyclic) bond motifs is 6. The number of allylic oxidation sites excluding steroid dienone is 4. The minimum atomic E-state index is -0.793. The molecular formula is C51H35N3. The topological polar surface area (TPSA) is 38.7 Å². The van der Waals surface area contributed by atoms with Crippen LogP contribution in [0.3, 0.4) is 0 Å². The summed E-state index contributed by atoms with van der Waals surface area (Å²) in [5.41, 5.74) is 2.82. The van der Waals surface area contributed by atoms with Crippen LogP contribution in [0.5, 0.6) is 0 Å². The van der Waals surface area contributed by atoms with Gasteiger partial charge in [0.2, 0.25) is 0 Å². The van der Waals surface area contributed by atoms with Gasteiger partial charge in [0.1, 0.15) is 0 Å². The summed E-state index contributed by atoms with van der Waals surface area (Å²) in [6.45, 7) is 7.72. The van der Waals surface area contributed by atoms with E-state index in [1.54, 1.807) is 18.2 Å². The smallest absolute Gasteiger partial charge is 0.164 e. The molecule has 3 heteroatoms. The third-order valence-electron chi connectivity index (χ3n) is 8.90. The summed E-state index contributed by atoms with van der Waals surface area (Å²) in [7, 11) is 0. The molecular weight excluding hydrogens is 655 g/mol. The van der Waals surface area contributed by atoms with E-state index >= 15 is 0 Å². The Morgan fingerprint density at radius 1 is 0.463 bits per heavy atom. The van der Waals surface area contributed by atoms with Gasteiger partial charge in [0, 0.05) is 16.7 Å². The van der Waals surface area contributed by atoms with Crippen LogP contribution in [0.2, 0.25) is 0 Å². The van der Waals surface area contributed by atoms with Gasteiger partial charge in [0.05, 0.1) is 20.6 Å². The summed E-state index contributed by atoms with van der Waals surface area (Å²) < 4.78 is 136. The van der Waals surface area contributed by atoms with E-state index in [-0.39, 0.29) is 44.4 Å². The fourth-order valence-corrected chi connectivity index (χ4v) is 6.39. The molecule has 9 rings (SSSR count). The second kappa shape index (κ2) is 14.1. The third-order valence-corrected chi connectivity index (χ3v) is 8.90. The molecule has 0 fully saturated rings. The predicted octanol–water partition coefficient (Wildman–Crippen LogP) is 13.4. The minimum absolute atomic E-state index is 0.0399. The van der Waals surface area contributed by atoms with E-state index in [2.05, 4.69) is 18.1 Å². The van der Waals surface area contributed by atoms with E-state index in [0.29, 0.717) is 16.7 Å². The van der Waals surface area contributed by atoms with Gasteiger partial charge in [-0.2, -0.15) is 0 Å². The van der Waals surface area contributed by atoms with Gasteiger partial charge in [-0.05, 0) is 83.8 Å². The lowest BCUT2D eigenvalue weighted by molar-refractivity contribution is 1.04. The van der Waals surface area contributed by atoms with E-state index in [9.17, 15) is 8.22 Å². The lowest BCUT2D eigenvalue weighted by Gasteiger charge is -2.14. The van der Waals surface area contributed by atoms with Gasteiger partial charge in [-0.25, -0.2) is 15.0 Å². The molecule has 254 valence electrons. The van der Waals surface area contributed by atoms with Crippen molar-refractivity contribution in [2.24, 2.45) is 0 Å². The highest BCUT2D eigenvalue weighted by Gasteiger charge is 2.17. The molecule has 0 aliphatic rings. The zero-order valence-corrected chi connectivity index (χ0v) is 28.5. The van der Waals surface area contributed by atoms with Crippen LogP contribution in [-0.2, 0) is 0 Å². The molecule has 0 spiro atoms. The number of aromatic nitrogens is 3. The van der Waals surface area contributed by atoms with Crippen LogP contribution in [0.25, 0.3) is 94.0 Å². The van der Waals surface area contributed by atoms with Crippen molar-refractivity contribution in [2.75, 3.05) is 0 Å². The molecule has 1 heterocycles.